The second-order valence-electron chi connectivity index (χ2n) is 4.47. The summed E-state index contributed by atoms with van der Waals surface area (Å²) < 4.78 is 5.32. The van der Waals surface area contributed by atoms with E-state index in [0.717, 1.165) is 18.0 Å². The van der Waals surface area contributed by atoms with Gasteiger partial charge >= 0.3 is 0 Å². The summed E-state index contributed by atoms with van der Waals surface area (Å²) in [7, 11) is 1.71. The van der Waals surface area contributed by atoms with Crippen LogP contribution in [0.4, 0.5) is 5.69 Å². The summed E-state index contributed by atoms with van der Waals surface area (Å²) in [4.78, 5) is 0. The highest BCUT2D eigenvalue weighted by molar-refractivity contribution is 5.46. The first-order valence-electron chi connectivity index (χ1n) is 6.13. The van der Waals surface area contributed by atoms with Gasteiger partial charge in [-0.3, -0.25) is 0 Å². The van der Waals surface area contributed by atoms with E-state index in [4.69, 9.17) is 4.74 Å². The molecule has 18 heavy (non-hydrogen) atoms. The fourth-order valence-corrected chi connectivity index (χ4v) is 2.01. The molecular weight excluding hydrogens is 222 g/mol. The molecular formula is C16H19NO. The Morgan fingerprint density at radius 3 is 2.39 bits per heavy atom. The quantitative estimate of drug-likeness (QED) is 0.875. The van der Waals surface area contributed by atoms with Crippen LogP contribution in [-0.2, 0) is 6.54 Å². The third-order valence-electron chi connectivity index (χ3n) is 3.11. The Hall–Kier alpha value is -1.96. The maximum Gasteiger partial charge on any atom is 0.122 e. The Bertz CT molecular complexity index is 520. The van der Waals surface area contributed by atoms with E-state index in [-0.39, 0.29) is 0 Å². The highest BCUT2D eigenvalue weighted by atomic mass is 16.5. The summed E-state index contributed by atoms with van der Waals surface area (Å²) in [6.45, 7) is 5.02. The zero-order valence-corrected chi connectivity index (χ0v) is 11.2. The van der Waals surface area contributed by atoms with Crippen LogP contribution in [0, 0.1) is 13.8 Å². The SMILES string of the molecule is COc1cc(C)c(CNc2ccccc2)cc1C. The van der Waals surface area contributed by atoms with Gasteiger partial charge in [0.1, 0.15) is 5.75 Å². The predicted octanol–water partition coefficient (Wildman–Crippen LogP) is 3.92. The highest BCUT2D eigenvalue weighted by Gasteiger charge is 2.04. The Morgan fingerprint density at radius 2 is 1.72 bits per heavy atom. The van der Waals surface area contributed by atoms with Gasteiger partial charge in [0.15, 0.2) is 0 Å². The van der Waals surface area contributed by atoms with Gasteiger partial charge in [-0.1, -0.05) is 24.3 Å². The van der Waals surface area contributed by atoms with Crippen molar-refractivity contribution in [3.63, 3.8) is 0 Å². The predicted molar refractivity (Wildman–Crippen MR) is 76.2 cm³/mol. The smallest absolute Gasteiger partial charge is 0.122 e. The zero-order chi connectivity index (χ0) is 13.0. The Labute approximate surface area is 109 Å². The fourth-order valence-electron chi connectivity index (χ4n) is 2.01. The second-order valence-corrected chi connectivity index (χ2v) is 4.47. The van der Waals surface area contributed by atoms with Crippen molar-refractivity contribution in [3.8, 4) is 5.75 Å². The Morgan fingerprint density at radius 1 is 1.00 bits per heavy atom. The van der Waals surface area contributed by atoms with Crippen LogP contribution >= 0.6 is 0 Å². The molecule has 1 N–H and O–H groups in total. The molecule has 2 aromatic carbocycles. The number of hydrogen-bond donors (Lipinski definition) is 1. The molecule has 0 heterocycles. The number of ether oxygens (including phenoxy) is 1. The Kier molecular flexibility index (Phi) is 3.88. The van der Waals surface area contributed by atoms with Crippen molar-refractivity contribution < 1.29 is 4.74 Å². The van der Waals surface area contributed by atoms with E-state index in [1.807, 2.05) is 18.2 Å². The summed E-state index contributed by atoms with van der Waals surface area (Å²) in [5, 5.41) is 3.43. The van der Waals surface area contributed by atoms with Crippen LogP contribution in [0.3, 0.4) is 0 Å². The number of aryl methyl sites for hydroxylation is 2. The zero-order valence-electron chi connectivity index (χ0n) is 11.2. The molecule has 0 saturated heterocycles. The van der Waals surface area contributed by atoms with Crippen molar-refractivity contribution in [1.82, 2.24) is 0 Å². The van der Waals surface area contributed by atoms with Crippen LogP contribution in [0.15, 0.2) is 42.5 Å². The van der Waals surface area contributed by atoms with E-state index in [2.05, 4.69) is 43.4 Å². The average Bonchev–Trinajstić information content (AvgIpc) is 2.40. The topological polar surface area (TPSA) is 21.3 Å². The van der Waals surface area contributed by atoms with Crippen LogP contribution in [0.5, 0.6) is 5.75 Å². The summed E-state index contributed by atoms with van der Waals surface area (Å²) in [6.07, 6.45) is 0. The van der Waals surface area contributed by atoms with E-state index in [1.165, 1.54) is 16.7 Å². The van der Waals surface area contributed by atoms with Crippen LogP contribution in [-0.4, -0.2) is 7.11 Å². The molecule has 0 unspecified atom stereocenters. The summed E-state index contributed by atoms with van der Waals surface area (Å²) in [5.41, 5.74) is 4.87. The molecule has 0 bridgehead atoms. The molecule has 2 aromatic rings. The van der Waals surface area contributed by atoms with E-state index in [0.29, 0.717) is 0 Å². The van der Waals surface area contributed by atoms with Gasteiger partial charge in [0.2, 0.25) is 0 Å². The number of hydrogen-bond acceptors (Lipinski definition) is 2. The van der Waals surface area contributed by atoms with Gasteiger partial charge in [0.25, 0.3) is 0 Å². The van der Waals surface area contributed by atoms with Gasteiger partial charge in [-0.05, 0) is 48.7 Å². The molecule has 0 aliphatic carbocycles. The minimum absolute atomic E-state index is 0.834. The van der Waals surface area contributed by atoms with Gasteiger partial charge in [0.05, 0.1) is 7.11 Å². The molecule has 0 saturated carbocycles. The van der Waals surface area contributed by atoms with Crippen molar-refractivity contribution in [2.45, 2.75) is 20.4 Å². The van der Waals surface area contributed by atoms with Crippen LogP contribution in [0.1, 0.15) is 16.7 Å². The number of nitrogens with one attached hydrogen (secondary N) is 1. The van der Waals surface area contributed by atoms with E-state index in [1.54, 1.807) is 7.11 Å². The van der Waals surface area contributed by atoms with Crippen LogP contribution in [0.2, 0.25) is 0 Å². The molecule has 0 radical (unpaired) electrons. The third-order valence-corrected chi connectivity index (χ3v) is 3.11. The minimum atomic E-state index is 0.834. The van der Waals surface area contributed by atoms with Gasteiger partial charge in [-0.15, -0.1) is 0 Å². The molecule has 94 valence electrons. The largest absolute Gasteiger partial charge is 0.496 e. The fraction of sp³-hybridized carbons (Fsp3) is 0.250. The van der Waals surface area contributed by atoms with E-state index >= 15 is 0 Å². The maximum absolute atomic E-state index is 5.32. The third kappa shape index (κ3) is 2.83. The lowest BCUT2D eigenvalue weighted by Crippen LogP contribution is -2.02. The monoisotopic (exact) mass is 241 g/mol. The molecule has 0 spiro atoms. The maximum atomic E-state index is 5.32. The summed E-state index contributed by atoms with van der Waals surface area (Å²) in [6, 6.07) is 14.5. The normalized spacial score (nSPS) is 10.2. The van der Waals surface area contributed by atoms with Crippen molar-refractivity contribution in [2.24, 2.45) is 0 Å². The van der Waals surface area contributed by atoms with Crippen molar-refractivity contribution in [1.29, 1.82) is 0 Å². The van der Waals surface area contributed by atoms with Crippen molar-refractivity contribution in [3.05, 3.63) is 59.2 Å². The molecule has 0 aliphatic heterocycles. The first-order valence-corrected chi connectivity index (χ1v) is 6.13. The molecule has 2 rings (SSSR count). The number of para-hydroxylation sites is 1. The summed E-state index contributed by atoms with van der Waals surface area (Å²) in [5.74, 6) is 0.955. The lowest BCUT2D eigenvalue weighted by Gasteiger charge is -2.12. The summed E-state index contributed by atoms with van der Waals surface area (Å²) >= 11 is 0. The van der Waals surface area contributed by atoms with Crippen molar-refractivity contribution >= 4 is 5.69 Å². The first kappa shape index (κ1) is 12.5. The number of rotatable bonds is 4. The van der Waals surface area contributed by atoms with Crippen LogP contribution < -0.4 is 10.1 Å². The lowest BCUT2D eigenvalue weighted by atomic mass is 10.0. The number of benzene rings is 2. The van der Waals surface area contributed by atoms with Crippen molar-refractivity contribution in [2.75, 3.05) is 12.4 Å². The van der Waals surface area contributed by atoms with Gasteiger partial charge < -0.3 is 10.1 Å². The molecule has 0 fully saturated rings. The van der Waals surface area contributed by atoms with Gasteiger partial charge in [0, 0.05) is 12.2 Å². The highest BCUT2D eigenvalue weighted by Crippen LogP contribution is 2.23. The minimum Gasteiger partial charge on any atom is -0.496 e. The average molecular weight is 241 g/mol. The number of anilines is 1. The molecule has 2 nitrogen and oxygen atoms in total. The molecule has 0 amide bonds. The first-order chi connectivity index (χ1) is 8.70. The Balaban J connectivity index is 2.13. The molecule has 0 aromatic heterocycles. The molecule has 2 heteroatoms. The molecule has 0 atom stereocenters. The van der Waals surface area contributed by atoms with Gasteiger partial charge in [-0.25, -0.2) is 0 Å². The lowest BCUT2D eigenvalue weighted by molar-refractivity contribution is 0.411. The second kappa shape index (κ2) is 5.58. The number of methoxy groups -OCH3 is 1. The van der Waals surface area contributed by atoms with Gasteiger partial charge in [-0.2, -0.15) is 0 Å². The standard InChI is InChI=1S/C16H19NO/c1-12-10-16(18-3)13(2)9-14(12)11-17-15-7-5-4-6-8-15/h4-10,17H,11H2,1-3H3. The van der Waals surface area contributed by atoms with E-state index in [9.17, 15) is 0 Å². The molecule has 0 aliphatic rings. The van der Waals surface area contributed by atoms with E-state index < -0.39 is 0 Å². The van der Waals surface area contributed by atoms with Crippen LogP contribution in [0.25, 0.3) is 0 Å².